The molecule has 0 unspecified atom stereocenters. The van der Waals surface area contributed by atoms with Crippen molar-refractivity contribution in [3.8, 4) is 12.3 Å². The van der Waals surface area contributed by atoms with Gasteiger partial charge >= 0.3 is 0 Å². The van der Waals surface area contributed by atoms with Crippen LogP contribution in [0.15, 0.2) is 16.5 Å². The first-order chi connectivity index (χ1) is 13.5. The van der Waals surface area contributed by atoms with E-state index < -0.39 is 0 Å². The van der Waals surface area contributed by atoms with Crippen molar-refractivity contribution in [1.29, 1.82) is 0 Å². The van der Waals surface area contributed by atoms with E-state index in [1.165, 1.54) is 0 Å². The van der Waals surface area contributed by atoms with Crippen LogP contribution in [0, 0.1) is 12.3 Å². The minimum Gasteiger partial charge on any atom is -0.462 e. The number of amides is 2. The summed E-state index contributed by atoms with van der Waals surface area (Å²) in [5.74, 6) is 3.61. The van der Waals surface area contributed by atoms with Gasteiger partial charge in [-0.3, -0.25) is 19.4 Å². The molecule has 3 heterocycles. The summed E-state index contributed by atoms with van der Waals surface area (Å²) in [7, 11) is 2.03. The van der Waals surface area contributed by atoms with Crippen molar-refractivity contribution in [2.75, 3.05) is 26.7 Å². The molecule has 0 radical (unpaired) electrons. The number of rotatable bonds is 7. The van der Waals surface area contributed by atoms with Gasteiger partial charge in [0, 0.05) is 31.6 Å². The lowest BCUT2D eigenvalue weighted by atomic mass is 10.0. The highest BCUT2D eigenvalue weighted by molar-refractivity contribution is 5.83. The van der Waals surface area contributed by atoms with E-state index in [9.17, 15) is 9.59 Å². The summed E-state index contributed by atoms with van der Waals surface area (Å²) in [4.78, 5) is 29.0. The highest BCUT2D eigenvalue weighted by Crippen LogP contribution is 2.28. The Balaban J connectivity index is 1.62. The standard InChI is InChI=1S/C20H28N4O4/c1-3-9-21-18(26)7-4-14-11-22-20(27)19-17(23(14)2)8-10-24(19)12-15-5-6-16(13-25)28-15/h1,5-6,14,17,19,25H,4,7-13H2,2H3,(H,21,26)(H,22,27)/t14-,17-,19-/m0/s1. The smallest absolute Gasteiger partial charge is 0.239 e. The molecular formula is C20H28N4O4. The largest absolute Gasteiger partial charge is 0.462 e. The molecule has 28 heavy (non-hydrogen) atoms. The number of nitrogens with zero attached hydrogens (tertiary/aromatic N) is 2. The number of carbonyl (C=O) groups excluding carboxylic acids is 2. The summed E-state index contributed by atoms with van der Waals surface area (Å²) in [6, 6.07) is 3.53. The van der Waals surface area contributed by atoms with E-state index in [1.54, 1.807) is 6.07 Å². The highest BCUT2D eigenvalue weighted by Gasteiger charge is 2.45. The van der Waals surface area contributed by atoms with Crippen LogP contribution in [-0.4, -0.2) is 71.5 Å². The fourth-order valence-electron chi connectivity index (χ4n) is 4.15. The average molecular weight is 388 g/mol. The molecule has 2 fully saturated rings. The Bertz CT molecular complexity index is 741. The van der Waals surface area contributed by atoms with Crippen molar-refractivity contribution >= 4 is 11.8 Å². The maximum Gasteiger partial charge on any atom is 0.239 e. The zero-order valence-corrected chi connectivity index (χ0v) is 16.2. The first-order valence-electron chi connectivity index (χ1n) is 9.65. The number of hydrogen-bond acceptors (Lipinski definition) is 6. The summed E-state index contributed by atoms with van der Waals surface area (Å²) >= 11 is 0. The van der Waals surface area contributed by atoms with E-state index in [4.69, 9.17) is 15.9 Å². The third-order valence-corrected chi connectivity index (χ3v) is 5.67. The molecule has 2 aliphatic rings. The fourth-order valence-corrected chi connectivity index (χ4v) is 4.15. The predicted octanol–water partition coefficient (Wildman–Crippen LogP) is -0.325. The number of aliphatic hydroxyl groups excluding tert-OH is 1. The van der Waals surface area contributed by atoms with E-state index in [-0.39, 0.29) is 43.1 Å². The minimum absolute atomic E-state index is 0.0163. The molecule has 1 aromatic heterocycles. The van der Waals surface area contributed by atoms with Crippen LogP contribution >= 0.6 is 0 Å². The van der Waals surface area contributed by atoms with Gasteiger partial charge in [-0.25, -0.2) is 0 Å². The lowest BCUT2D eigenvalue weighted by molar-refractivity contribution is -0.126. The summed E-state index contributed by atoms with van der Waals surface area (Å²) in [6.07, 6.45) is 7.08. The average Bonchev–Trinajstić information content (AvgIpc) is 3.30. The van der Waals surface area contributed by atoms with Gasteiger partial charge in [-0.2, -0.15) is 0 Å². The van der Waals surface area contributed by atoms with Crippen LogP contribution in [0.5, 0.6) is 0 Å². The van der Waals surface area contributed by atoms with Crippen LogP contribution < -0.4 is 10.6 Å². The molecule has 8 nitrogen and oxygen atoms in total. The molecule has 3 N–H and O–H groups in total. The topological polar surface area (TPSA) is 98.0 Å². The Morgan fingerprint density at radius 3 is 2.96 bits per heavy atom. The van der Waals surface area contributed by atoms with Crippen molar-refractivity contribution < 1.29 is 19.1 Å². The van der Waals surface area contributed by atoms with Crippen molar-refractivity contribution in [3.63, 3.8) is 0 Å². The number of carbonyl (C=O) groups is 2. The molecule has 0 aliphatic carbocycles. The molecular weight excluding hydrogens is 360 g/mol. The molecule has 1 aromatic rings. The minimum atomic E-state index is -0.257. The predicted molar refractivity (Wildman–Crippen MR) is 103 cm³/mol. The van der Waals surface area contributed by atoms with E-state index in [0.29, 0.717) is 31.7 Å². The summed E-state index contributed by atoms with van der Waals surface area (Å²) < 4.78 is 5.59. The van der Waals surface area contributed by atoms with Crippen LogP contribution in [0.3, 0.4) is 0 Å². The second kappa shape index (κ2) is 9.24. The third-order valence-electron chi connectivity index (χ3n) is 5.67. The summed E-state index contributed by atoms with van der Waals surface area (Å²) in [5, 5.41) is 14.9. The van der Waals surface area contributed by atoms with Gasteiger partial charge in [0.25, 0.3) is 0 Å². The molecule has 2 aliphatic heterocycles. The number of furan rings is 1. The maximum atomic E-state index is 12.8. The summed E-state index contributed by atoms with van der Waals surface area (Å²) in [5.41, 5.74) is 0. The van der Waals surface area contributed by atoms with Crippen LogP contribution in [0.2, 0.25) is 0 Å². The zero-order valence-electron chi connectivity index (χ0n) is 16.2. The maximum absolute atomic E-state index is 12.8. The van der Waals surface area contributed by atoms with Crippen molar-refractivity contribution in [2.24, 2.45) is 0 Å². The number of nitrogens with one attached hydrogen (secondary N) is 2. The van der Waals surface area contributed by atoms with E-state index >= 15 is 0 Å². The lowest BCUT2D eigenvalue weighted by Crippen LogP contribution is -2.49. The Morgan fingerprint density at radius 2 is 2.25 bits per heavy atom. The van der Waals surface area contributed by atoms with Gasteiger partial charge in [-0.1, -0.05) is 5.92 Å². The van der Waals surface area contributed by atoms with E-state index in [1.807, 2.05) is 13.1 Å². The molecule has 152 valence electrons. The van der Waals surface area contributed by atoms with E-state index in [2.05, 4.69) is 26.4 Å². The highest BCUT2D eigenvalue weighted by atomic mass is 16.4. The van der Waals surface area contributed by atoms with Gasteiger partial charge < -0.3 is 20.2 Å². The second-order valence-electron chi connectivity index (χ2n) is 7.38. The number of fused-ring (bicyclic) bond motifs is 1. The monoisotopic (exact) mass is 388 g/mol. The Kier molecular flexibility index (Phi) is 6.73. The van der Waals surface area contributed by atoms with Gasteiger partial charge in [-0.05, 0) is 32.0 Å². The SMILES string of the molecule is C#CCNC(=O)CC[C@H]1CNC(=O)[C@@H]2[C@H](CCN2Cc2ccc(CO)o2)N1C. The first kappa shape index (κ1) is 20.4. The number of likely N-dealkylation sites (tertiary alicyclic amines) is 1. The number of aliphatic hydroxyl groups is 1. The molecule has 8 heteroatoms. The zero-order chi connectivity index (χ0) is 20.1. The van der Waals surface area contributed by atoms with Crippen molar-refractivity contribution in [2.45, 2.75) is 50.5 Å². The fraction of sp³-hybridized carbons (Fsp3) is 0.600. The number of likely N-dealkylation sites (N-methyl/N-ethyl adjacent to an activating group) is 1. The molecule has 0 bridgehead atoms. The molecule has 0 aromatic carbocycles. The van der Waals surface area contributed by atoms with Crippen molar-refractivity contribution in [1.82, 2.24) is 20.4 Å². The van der Waals surface area contributed by atoms with Crippen LogP contribution in [0.1, 0.15) is 30.8 Å². The Morgan fingerprint density at radius 1 is 1.46 bits per heavy atom. The van der Waals surface area contributed by atoms with Crippen molar-refractivity contribution in [3.05, 3.63) is 23.7 Å². The quantitative estimate of drug-likeness (QED) is 0.554. The molecule has 2 saturated heterocycles. The van der Waals surface area contributed by atoms with Gasteiger partial charge in [0.2, 0.25) is 11.8 Å². The first-order valence-corrected chi connectivity index (χ1v) is 9.65. The second-order valence-corrected chi connectivity index (χ2v) is 7.38. The molecule has 2 amide bonds. The van der Waals surface area contributed by atoms with Gasteiger partial charge in [0.15, 0.2) is 0 Å². The molecule has 0 spiro atoms. The normalized spacial score (nSPS) is 25.6. The number of terminal acetylenes is 1. The molecule has 3 rings (SSSR count). The molecule has 3 atom stereocenters. The van der Waals surface area contributed by atoms with Gasteiger partial charge in [-0.15, -0.1) is 6.42 Å². The Hall–Kier alpha value is -2.34. The lowest BCUT2D eigenvalue weighted by Gasteiger charge is -2.32. The third kappa shape index (κ3) is 4.55. The van der Waals surface area contributed by atoms with Crippen LogP contribution in [0.25, 0.3) is 0 Å². The van der Waals surface area contributed by atoms with Crippen LogP contribution in [0.4, 0.5) is 0 Å². The Labute approximate surface area is 165 Å². The van der Waals surface area contributed by atoms with Gasteiger partial charge in [0.05, 0.1) is 13.1 Å². The van der Waals surface area contributed by atoms with Gasteiger partial charge in [0.1, 0.15) is 24.2 Å². The molecule has 0 saturated carbocycles. The van der Waals surface area contributed by atoms with Crippen LogP contribution in [-0.2, 0) is 22.7 Å². The summed E-state index contributed by atoms with van der Waals surface area (Å²) in [6.45, 7) is 1.94. The van der Waals surface area contributed by atoms with E-state index in [0.717, 1.165) is 18.7 Å². The number of hydrogen-bond donors (Lipinski definition) is 3.